The van der Waals surface area contributed by atoms with E-state index in [4.69, 9.17) is 9.47 Å². The Balaban J connectivity index is 2.12. The zero-order chi connectivity index (χ0) is 12.1. The monoisotopic (exact) mass is 302 g/mol. The summed E-state index contributed by atoms with van der Waals surface area (Å²) in [6, 6.07) is 6.39. The summed E-state index contributed by atoms with van der Waals surface area (Å²) < 4.78 is 24.4. The molecule has 1 heterocycles. The topological polar surface area (TPSA) is 18.5 Å². The van der Waals surface area contributed by atoms with Gasteiger partial charge in [-0.05, 0) is 25.0 Å². The second kappa shape index (κ2) is 5.94. The first-order chi connectivity index (χ1) is 8.27. The second-order valence-electron chi connectivity index (χ2n) is 4.10. The molecule has 2 rings (SSSR count). The van der Waals surface area contributed by atoms with Crippen LogP contribution < -0.4 is 0 Å². The number of unbranched alkanes of at least 4 members (excludes halogenated alkanes) is 1. The Morgan fingerprint density at radius 2 is 1.76 bits per heavy atom. The quantitative estimate of drug-likeness (QED) is 0.611. The molecular weight excluding hydrogens is 287 g/mol. The molecule has 0 N–H and O–H groups in total. The van der Waals surface area contributed by atoms with Gasteiger partial charge in [0.2, 0.25) is 0 Å². The van der Waals surface area contributed by atoms with E-state index >= 15 is 0 Å². The molecule has 17 heavy (non-hydrogen) atoms. The van der Waals surface area contributed by atoms with Crippen LogP contribution in [0.15, 0.2) is 24.3 Å². The number of halogens is 2. The summed E-state index contributed by atoms with van der Waals surface area (Å²) in [7, 11) is 0. The van der Waals surface area contributed by atoms with Gasteiger partial charge in [0, 0.05) is 17.3 Å². The van der Waals surface area contributed by atoms with Crippen molar-refractivity contribution in [2.75, 3.05) is 18.5 Å². The summed E-state index contributed by atoms with van der Waals surface area (Å²) in [6.07, 6.45) is 2.91. The molecule has 1 aliphatic heterocycles. The largest absolute Gasteiger partial charge is 0.343 e. The molecule has 0 spiro atoms. The molecule has 2 nitrogen and oxygen atoms in total. The molecule has 0 unspecified atom stereocenters. The molecule has 0 bridgehead atoms. The molecule has 0 aliphatic carbocycles. The third-order valence-corrected chi connectivity index (χ3v) is 3.49. The lowest BCUT2D eigenvalue weighted by molar-refractivity contribution is -0.171. The summed E-state index contributed by atoms with van der Waals surface area (Å²) in [5.74, 6) is -0.891. The number of hydrogen-bond acceptors (Lipinski definition) is 2. The fourth-order valence-electron chi connectivity index (χ4n) is 2.07. The van der Waals surface area contributed by atoms with E-state index in [0.717, 1.165) is 30.2 Å². The van der Waals surface area contributed by atoms with Gasteiger partial charge < -0.3 is 9.47 Å². The Bertz CT molecular complexity index is 347. The molecule has 94 valence electrons. The van der Waals surface area contributed by atoms with Crippen LogP contribution in [0.2, 0.25) is 0 Å². The van der Waals surface area contributed by atoms with Crippen molar-refractivity contribution in [2.45, 2.75) is 25.0 Å². The maximum absolute atomic E-state index is 12.9. The number of alkyl halides is 1. The maximum atomic E-state index is 12.9. The average molecular weight is 303 g/mol. The van der Waals surface area contributed by atoms with Gasteiger partial charge in [0.25, 0.3) is 0 Å². The van der Waals surface area contributed by atoms with E-state index in [0.29, 0.717) is 13.2 Å². The highest BCUT2D eigenvalue weighted by Gasteiger charge is 2.37. The minimum Gasteiger partial charge on any atom is -0.343 e. The van der Waals surface area contributed by atoms with Crippen LogP contribution in [0.25, 0.3) is 0 Å². The van der Waals surface area contributed by atoms with Gasteiger partial charge in [-0.2, -0.15) is 0 Å². The molecule has 4 heteroatoms. The SMILES string of the molecule is Fc1ccc(C2(CCCCBr)OCCO2)cc1. The Morgan fingerprint density at radius 3 is 2.35 bits per heavy atom. The highest BCUT2D eigenvalue weighted by Crippen LogP contribution is 2.36. The van der Waals surface area contributed by atoms with Crippen molar-refractivity contribution in [1.29, 1.82) is 0 Å². The molecule has 0 amide bonds. The minimum atomic E-state index is -0.657. The Hall–Kier alpha value is -0.450. The van der Waals surface area contributed by atoms with Gasteiger partial charge >= 0.3 is 0 Å². The predicted molar refractivity (Wildman–Crippen MR) is 67.6 cm³/mol. The summed E-state index contributed by atoms with van der Waals surface area (Å²) in [6.45, 7) is 1.21. The molecule has 1 fully saturated rings. The lowest BCUT2D eigenvalue weighted by Crippen LogP contribution is -2.27. The second-order valence-corrected chi connectivity index (χ2v) is 4.90. The first-order valence-corrected chi connectivity index (χ1v) is 6.99. The number of benzene rings is 1. The van der Waals surface area contributed by atoms with Crippen molar-refractivity contribution in [3.05, 3.63) is 35.6 Å². The van der Waals surface area contributed by atoms with Crippen LogP contribution >= 0.6 is 15.9 Å². The molecule has 1 aromatic rings. The highest BCUT2D eigenvalue weighted by atomic mass is 79.9. The highest BCUT2D eigenvalue weighted by molar-refractivity contribution is 9.09. The summed E-state index contributed by atoms with van der Waals surface area (Å²) >= 11 is 3.41. The zero-order valence-electron chi connectivity index (χ0n) is 9.62. The smallest absolute Gasteiger partial charge is 0.194 e. The first-order valence-electron chi connectivity index (χ1n) is 5.87. The third kappa shape index (κ3) is 3.06. The molecular formula is C13H16BrFO2. The van der Waals surface area contributed by atoms with E-state index in [-0.39, 0.29) is 5.82 Å². The van der Waals surface area contributed by atoms with Gasteiger partial charge in [0.05, 0.1) is 13.2 Å². The maximum Gasteiger partial charge on any atom is 0.194 e. The fraction of sp³-hybridized carbons (Fsp3) is 0.538. The number of ether oxygens (including phenoxy) is 2. The van der Waals surface area contributed by atoms with E-state index in [1.165, 1.54) is 12.1 Å². The van der Waals surface area contributed by atoms with Crippen LogP contribution in [0.1, 0.15) is 24.8 Å². The van der Waals surface area contributed by atoms with Gasteiger partial charge in [0.15, 0.2) is 5.79 Å². The van der Waals surface area contributed by atoms with Gasteiger partial charge in [-0.1, -0.05) is 28.1 Å². The van der Waals surface area contributed by atoms with E-state index in [1.807, 2.05) is 0 Å². The lowest BCUT2D eigenvalue weighted by atomic mass is 10.00. The lowest BCUT2D eigenvalue weighted by Gasteiger charge is -2.27. The van der Waals surface area contributed by atoms with Crippen LogP contribution in [0, 0.1) is 5.82 Å². The van der Waals surface area contributed by atoms with E-state index in [1.54, 1.807) is 12.1 Å². The molecule has 0 radical (unpaired) electrons. The summed E-state index contributed by atoms with van der Waals surface area (Å²) in [5, 5.41) is 0.979. The molecule has 1 aromatic carbocycles. The third-order valence-electron chi connectivity index (χ3n) is 2.93. The van der Waals surface area contributed by atoms with E-state index in [2.05, 4.69) is 15.9 Å². The molecule has 0 atom stereocenters. The Kier molecular flexibility index (Phi) is 4.54. The minimum absolute atomic E-state index is 0.234. The first kappa shape index (κ1) is 13.0. The fourth-order valence-corrected chi connectivity index (χ4v) is 2.46. The van der Waals surface area contributed by atoms with Gasteiger partial charge in [-0.3, -0.25) is 0 Å². The van der Waals surface area contributed by atoms with Crippen molar-refractivity contribution in [3.8, 4) is 0 Å². The van der Waals surface area contributed by atoms with Crippen molar-refractivity contribution in [1.82, 2.24) is 0 Å². The van der Waals surface area contributed by atoms with Crippen LogP contribution in [0.4, 0.5) is 4.39 Å². The summed E-state index contributed by atoms with van der Waals surface area (Å²) in [5.41, 5.74) is 0.908. The van der Waals surface area contributed by atoms with Crippen LogP contribution in [-0.2, 0) is 15.3 Å². The Labute approximate surface area is 109 Å². The van der Waals surface area contributed by atoms with Crippen LogP contribution in [0.3, 0.4) is 0 Å². The molecule has 1 aliphatic rings. The zero-order valence-corrected chi connectivity index (χ0v) is 11.2. The summed E-state index contributed by atoms with van der Waals surface area (Å²) in [4.78, 5) is 0. The van der Waals surface area contributed by atoms with Crippen molar-refractivity contribution in [3.63, 3.8) is 0 Å². The van der Waals surface area contributed by atoms with E-state index < -0.39 is 5.79 Å². The van der Waals surface area contributed by atoms with Gasteiger partial charge in [0.1, 0.15) is 5.82 Å². The van der Waals surface area contributed by atoms with Crippen molar-refractivity contribution in [2.24, 2.45) is 0 Å². The van der Waals surface area contributed by atoms with E-state index in [9.17, 15) is 4.39 Å². The number of rotatable bonds is 5. The van der Waals surface area contributed by atoms with Crippen LogP contribution in [-0.4, -0.2) is 18.5 Å². The molecule has 1 saturated heterocycles. The van der Waals surface area contributed by atoms with Crippen molar-refractivity contribution >= 4 is 15.9 Å². The van der Waals surface area contributed by atoms with Gasteiger partial charge in [-0.25, -0.2) is 4.39 Å². The average Bonchev–Trinajstić information content (AvgIpc) is 2.80. The molecule has 0 aromatic heterocycles. The normalized spacial score (nSPS) is 18.5. The standard InChI is InChI=1S/C13H16BrFO2/c14-8-2-1-7-13(16-9-10-17-13)11-3-5-12(15)6-4-11/h3-6H,1-2,7-10H2. The van der Waals surface area contributed by atoms with Crippen molar-refractivity contribution < 1.29 is 13.9 Å². The predicted octanol–water partition coefficient (Wildman–Crippen LogP) is 3.59. The molecule has 0 saturated carbocycles. The number of hydrogen-bond donors (Lipinski definition) is 0. The van der Waals surface area contributed by atoms with Gasteiger partial charge in [-0.15, -0.1) is 0 Å². The van der Waals surface area contributed by atoms with Crippen LogP contribution in [0.5, 0.6) is 0 Å². The Morgan fingerprint density at radius 1 is 1.12 bits per heavy atom.